The lowest BCUT2D eigenvalue weighted by Crippen LogP contribution is -2.72. The summed E-state index contributed by atoms with van der Waals surface area (Å²) in [4.78, 5) is 27.6. The van der Waals surface area contributed by atoms with Crippen LogP contribution in [0.15, 0.2) is 53.0 Å². The molecule has 2 heterocycles. The summed E-state index contributed by atoms with van der Waals surface area (Å²) in [5.74, 6) is -6.12. The van der Waals surface area contributed by atoms with Gasteiger partial charge in [-0.15, -0.1) is 0 Å². The third-order valence-electron chi connectivity index (χ3n) is 7.72. The smallest absolute Gasteiger partial charge is 0.219 e. The predicted molar refractivity (Wildman–Crippen MR) is 139 cm³/mol. The molecule has 0 saturated carbocycles. The molecule has 2 fully saturated rings. The van der Waals surface area contributed by atoms with E-state index in [9.17, 15) is 70.9 Å². The molecule has 11 atom stereocenters. The SMILES string of the molecule is O=C1C(=C(O)/C=C/c2ccc(O)cc2)C(O)=C([C@@H]2O[C@H](CO)[C@@H](O)[C@H](O)[C@H]2O)C(=O)[C@@]1(O)[C@@H]1O[C@H](CO)[C@@H](O)[C@H](O)[C@H]1O. The van der Waals surface area contributed by atoms with Crippen LogP contribution in [0.25, 0.3) is 6.08 Å². The number of aliphatic hydroxyl groups excluding tert-OH is 10. The van der Waals surface area contributed by atoms with E-state index in [1.807, 2.05) is 0 Å². The van der Waals surface area contributed by atoms with Crippen molar-refractivity contribution in [3.05, 3.63) is 58.6 Å². The van der Waals surface area contributed by atoms with Crippen LogP contribution in [-0.2, 0) is 19.1 Å². The first-order chi connectivity index (χ1) is 20.2. The third kappa shape index (κ3) is 5.47. The summed E-state index contributed by atoms with van der Waals surface area (Å²) in [6.45, 7) is -1.99. The van der Waals surface area contributed by atoms with Gasteiger partial charge in [0.1, 0.15) is 83.9 Å². The summed E-state index contributed by atoms with van der Waals surface area (Å²) in [6.07, 6.45) is -18.7. The third-order valence-corrected chi connectivity index (χ3v) is 7.72. The van der Waals surface area contributed by atoms with Gasteiger partial charge in [0.25, 0.3) is 0 Å². The van der Waals surface area contributed by atoms with Gasteiger partial charge < -0.3 is 70.8 Å². The Labute approximate surface area is 242 Å². The minimum Gasteiger partial charge on any atom is -0.508 e. The van der Waals surface area contributed by atoms with E-state index in [1.54, 1.807) is 0 Å². The highest BCUT2D eigenvalue weighted by Gasteiger charge is 2.65. The number of ketones is 2. The number of carbonyl (C=O) groups excluding carboxylic acids is 2. The zero-order valence-electron chi connectivity index (χ0n) is 22.2. The van der Waals surface area contributed by atoms with Crippen LogP contribution in [0.1, 0.15) is 5.56 Å². The minimum absolute atomic E-state index is 0.0879. The maximum atomic E-state index is 13.9. The maximum Gasteiger partial charge on any atom is 0.219 e. The van der Waals surface area contributed by atoms with Crippen LogP contribution in [0.3, 0.4) is 0 Å². The fraction of sp³-hybridized carbons (Fsp3) is 0.481. The van der Waals surface area contributed by atoms with Crippen LogP contribution in [-0.4, -0.2) is 153 Å². The van der Waals surface area contributed by atoms with Gasteiger partial charge in [-0.3, -0.25) is 9.59 Å². The van der Waals surface area contributed by atoms with Gasteiger partial charge in [-0.05, 0) is 23.8 Å². The summed E-state index contributed by atoms with van der Waals surface area (Å²) >= 11 is 0. The van der Waals surface area contributed by atoms with E-state index in [1.165, 1.54) is 30.3 Å². The molecule has 1 aromatic carbocycles. The van der Waals surface area contributed by atoms with Crippen molar-refractivity contribution in [3.8, 4) is 5.75 Å². The van der Waals surface area contributed by atoms with Crippen molar-refractivity contribution >= 4 is 17.6 Å². The number of rotatable bonds is 6. The molecular formula is C27H32O16. The molecule has 1 aromatic rings. The topological polar surface area (TPSA) is 295 Å². The van der Waals surface area contributed by atoms with Gasteiger partial charge in [-0.25, -0.2) is 0 Å². The van der Waals surface area contributed by atoms with Crippen LogP contribution in [0.5, 0.6) is 5.75 Å². The summed E-state index contributed by atoms with van der Waals surface area (Å²) in [7, 11) is 0. The van der Waals surface area contributed by atoms with Crippen molar-refractivity contribution in [1.82, 2.24) is 0 Å². The van der Waals surface area contributed by atoms with Crippen molar-refractivity contribution in [1.29, 1.82) is 0 Å². The van der Waals surface area contributed by atoms with Crippen molar-refractivity contribution in [2.45, 2.75) is 66.6 Å². The standard InChI is InChI=1S/C27H32O16/c28-7-12-16(32)19(35)21(37)23(42-12)15-18(34)14(11(31)6-3-9-1-4-10(30)5-2-9)24(39)27(41,25(15)40)26-22(38)20(36)17(33)13(8-29)43-26/h1-6,12-13,16-17,19-23,26,28-38,41H,7-8H2/b6-3+,14-11?/t12-,13-,16-,17-,19+,20+,21-,22-,23+,26-,27-/m1/s1. The maximum absolute atomic E-state index is 13.9. The molecule has 43 heavy (non-hydrogen) atoms. The fourth-order valence-electron chi connectivity index (χ4n) is 5.24. The summed E-state index contributed by atoms with van der Waals surface area (Å²) < 4.78 is 10.6. The van der Waals surface area contributed by atoms with Crippen molar-refractivity contribution in [2.24, 2.45) is 0 Å². The number of benzene rings is 1. The molecule has 0 spiro atoms. The number of phenolic OH excluding ortho intramolecular Hbond substituents is 1. The minimum atomic E-state index is -3.63. The number of allylic oxidation sites excluding steroid dienone is 2. The van der Waals surface area contributed by atoms with Gasteiger partial charge in [0, 0.05) is 0 Å². The Bertz CT molecular complexity index is 1320. The lowest BCUT2D eigenvalue weighted by Gasteiger charge is -2.48. The number of carbonyl (C=O) groups is 2. The Morgan fingerprint density at radius 1 is 0.767 bits per heavy atom. The molecule has 16 nitrogen and oxygen atoms in total. The summed E-state index contributed by atoms with van der Waals surface area (Å²) in [5, 5.41) is 125. The summed E-state index contributed by atoms with van der Waals surface area (Å²) in [6, 6.07) is 5.38. The van der Waals surface area contributed by atoms with Crippen LogP contribution in [0, 0.1) is 0 Å². The Morgan fingerprint density at radius 2 is 1.30 bits per heavy atom. The molecule has 3 aliphatic rings. The second kappa shape index (κ2) is 12.4. The molecule has 4 rings (SSSR count). The normalized spacial score (nSPS) is 40.3. The first-order valence-corrected chi connectivity index (χ1v) is 13.0. The highest BCUT2D eigenvalue weighted by molar-refractivity contribution is 6.28. The molecule has 0 amide bonds. The van der Waals surface area contributed by atoms with E-state index in [4.69, 9.17) is 9.47 Å². The molecule has 0 radical (unpaired) electrons. The quantitative estimate of drug-likeness (QED) is 0.0820. The monoisotopic (exact) mass is 612 g/mol. The number of aromatic hydroxyl groups is 1. The zero-order chi connectivity index (χ0) is 32.0. The highest BCUT2D eigenvalue weighted by Crippen LogP contribution is 2.42. The largest absolute Gasteiger partial charge is 0.508 e. The molecule has 16 heteroatoms. The number of hydrogen-bond acceptors (Lipinski definition) is 16. The van der Waals surface area contributed by atoms with Gasteiger partial charge in [-0.2, -0.15) is 0 Å². The van der Waals surface area contributed by atoms with Crippen LogP contribution < -0.4 is 0 Å². The number of ether oxygens (including phenoxy) is 2. The van der Waals surface area contributed by atoms with Crippen LogP contribution in [0.4, 0.5) is 0 Å². The molecule has 12 N–H and O–H groups in total. The molecule has 236 valence electrons. The number of hydrogen-bond donors (Lipinski definition) is 12. The van der Waals surface area contributed by atoms with Crippen molar-refractivity contribution in [2.75, 3.05) is 13.2 Å². The van der Waals surface area contributed by atoms with Gasteiger partial charge >= 0.3 is 0 Å². The van der Waals surface area contributed by atoms with Crippen LogP contribution in [0.2, 0.25) is 0 Å². The van der Waals surface area contributed by atoms with Gasteiger partial charge in [0.2, 0.25) is 17.2 Å². The lowest BCUT2D eigenvalue weighted by atomic mass is 9.69. The van der Waals surface area contributed by atoms with E-state index in [0.29, 0.717) is 5.56 Å². The average Bonchev–Trinajstić information content (AvgIpc) is 2.98. The summed E-state index contributed by atoms with van der Waals surface area (Å²) in [5.41, 5.74) is -5.62. The Morgan fingerprint density at radius 3 is 1.86 bits per heavy atom. The van der Waals surface area contributed by atoms with E-state index in [2.05, 4.69) is 0 Å². The van der Waals surface area contributed by atoms with Gasteiger partial charge in [0.05, 0.1) is 18.8 Å². The molecule has 0 unspecified atom stereocenters. The predicted octanol–water partition coefficient (Wildman–Crippen LogP) is -4.40. The van der Waals surface area contributed by atoms with Crippen LogP contribution >= 0.6 is 0 Å². The van der Waals surface area contributed by atoms with Crippen molar-refractivity contribution in [3.63, 3.8) is 0 Å². The first-order valence-electron chi connectivity index (χ1n) is 13.0. The Kier molecular flexibility index (Phi) is 9.41. The van der Waals surface area contributed by atoms with E-state index in [-0.39, 0.29) is 5.75 Å². The van der Waals surface area contributed by atoms with Gasteiger partial charge in [-0.1, -0.05) is 18.2 Å². The van der Waals surface area contributed by atoms with E-state index < -0.39 is 114 Å². The first kappa shape index (κ1) is 32.6. The fourth-order valence-corrected chi connectivity index (χ4v) is 5.24. The number of Topliss-reactive ketones (excluding diaryl/α,β-unsaturated/α-hetero) is 2. The Balaban J connectivity index is 1.92. The highest BCUT2D eigenvalue weighted by atomic mass is 16.6. The molecule has 0 aromatic heterocycles. The molecular weight excluding hydrogens is 580 g/mol. The number of aliphatic hydroxyl groups is 11. The second-order valence-electron chi connectivity index (χ2n) is 10.4. The lowest BCUT2D eigenvalue weighted by molar-refractivity contribution is -0.261. The van der Waals surface area contributed by atoms with Crippen molar-refractivity contribution < 1.29 is 80.3 Å². The van der Waals surface area contributed by atoms with Gasteiger partial charge in [0.15, 0.2) is 0 Å². The molecule has 1 aliphatic carbocycles. The molecule has 0 bridgehead atoms. The zero-order valence-corrected chi connectivity index (χ0v) is 22.2. The van der Waals surface area contributed by atoms with E-state index >= 15 is 0 Å². The number of phenols is 1. The molecule has 2 saturated heterocycles. The Hall–Kier alpha value is -3.26. The van der Waals surface area contributed by atoms with E-state index in [0.717, 1.165) is 6.08 Å². The second-order valence-corrected chi connectivity index (χ2v) is 10.4. The average molecular weight is 613 g/mol. The molecule has 2 aliphatic heterocycles.